The summed E-state index contributed by atoms with van der Waals surface area (Å²) in [5.41, 5.74) is 1.48. The number of halogens is 1. The van der Waals surface area contributed by atoms with Crippen LogP contribution in [0.5, 0.6) is 0 Å². The van der Waals surface area contributed by atoms with E-state index in [0.29, 0.717) is 11.5 Å². The van der Waals surface area contributed by atoms with Gasteiger partial charge in [0.05, 0.1) is 16.3 Å². The molecule has 0 aliphatic heterocycles. The number of benzene rings is 1. The molecule has 0 amide bonds. The van der Waals surface area contributed by atoms with Crippen LogP contribution in [0, 0.1) is 10.1 Å². The number of nitro benzene ring substituents is 1. The van der Waals surface area contributed by atoms with Crippen LogP contribution in [0.25, 0.3) is 5.65 Å². The van der Waals surface area contributed by atoms with Crippen LogP contribution in [-0.2, 0) is 5.41 Å². The van der Waals surface area contributed by atoms with Crippen LogP contribution >= 0.6 is 11.6 Å². The van der Waals surface area contributed by atoms with Crippen molar-refractivity contribution in [3.05, 3.63) is 63.4 Å². The van der Waals surface area contributed by atoms with Gasteiger partial charge in [-0.15, -0.1) is 10.2 Å². The van der Waals surface area contributed by atoms with Crippen molar-refractivity contribution in [3.8, 4) is 0 Å². The third-order valence-corrected chi connectivity index (χ3v) is 3.92. The average molecular weight is 358 g/mol. The highest BCUT2D eigenvalue weighted by Crippen LogP contribution is 2.34. The summed E-state index contributed by atoms with van der Waals surface area (Å²) in [6.07, 6.45) is 1.86. The van der Waals surface area contributed by atoms with Crippen molar-refractivity contribution in [2.45, 2.75) is 26.2 Å². The Hall–Kier alpha value is -2.80. The zero-order valence-electron chi connectivity index (χ0n) is 14.0. The summed E-state index contributed by atoms with van der Waals surface area (Å²) in [6, 6.07) is 9.99. The normalized spacial score (nSPS) is 12.2. The molecule has 0 aliphatic rings. The van der Waals surface area contributed by atoms with Crippen LogP contribution in [0.3, 0.4) is 0 Å². The van der Waals surface area contributed by atoms with Gasteiger partial charge in [0.1, 0.15) is 10.7 Å². The molecular weight excluding hydrogens is 342 g/mol. The molecule has 8 heteroatoms. The van der Waals surface area contributed by atoms with E-state index < -0.39 is 4.92 Å². The fraction of sp³-hybridized carbons (Fsp3) is 0.235. The third-order valence-electron chi connectivity index (χ3n) is 3.60. The maximum atomic E-state index is 11.0. The van der Waals surface area contributed by atoms with Crippen LogP contribution in [-0.4, -0.2) is 14.3 Å². The maximum Gasteiger partial charge on any atom is 0.290 e. The molecule has 2 heterocycles. The standard InChI is InChI=1S/C17H16ClN5O2/c1-17(2,3)15-16(22-9-5-4-6-14(22)19-15)21-20-11-7-8-12(18)13(10-11)23(24)25/h4-10H,1-3H3. The van der Waals surface area contributed by atoms with Crippen molar-refractivity contribution in [1.82, 2.24) is 9.38 Å². The van der Waals surface area contributed by atoms with Gasteiger partial charge >= 0.3 is 0 Å². The van der Waals surface area contributed by atoms with Gasteiger partial charge in [-0.2, -0.15) is 0 Å². The summed E-state index contributed by atoms with van der Waals surface area (Å²) < 4.78 is 1.84. The highest BCUT2D eigenvalue weighted by molar-refractivity contribution is 6.32. The predicted octanol–water partition coefficient (Wildman–Crippen LogP) is 5.61. The Morgan fingerprint density at radius 2 is 1.96 bits per heavy atom. The number of hydrogen-bond acceptors (Lipinski definition) is 5. The highest BCUT2D eigenvalue weighted by Gasteiger charge is 2.24. The van der Waals surface area contributed by atoms with Crippen LogP contribution in [0.2, 0.25) is 5.02 Å². The first kappa shape index (κ1) is 17.0. The molecule has 0 aliphatic carbocycles. The quantitative estimate of drug-likeness (QED) is 0.347. The molecule has 3 rings (SSSR count). The third kappa shape index (κ3) is 3.36. The monoisotopic (exact) mass is 357 g/mol. The van der Waals surface area contributed by atoms with Gasteiger partial charge in [0.25, 0.3) is 5.69 Å². The second kappa shape index (κ2) is 6.25. The molecule has 128 valence electrons. The number of fused-ring (bicyclic) bond motifs is 1. The molecule has 0 unspecified atom stereocenters. The summed E-state index contributed by atoms with van der Waals surface area (Å²) in [5, 5.41) is 19.5. The summed E-state index contributed by atoms with van der Waals surface area (Å²) in [4.78, 5) is 15.1. The molecule has 0 atom stereocenters. The Labute approximate surface area is 149 Å². The van der Waals surface area contributed by atoms with Crippen molar-refractivity contribution in [3.63, 3.8) is 0 Å². The van der Waals surface area contributed by atoms with E-state index in [1.807, 2.05) is 49.6 Å². The molecule has 2 aromatic heterocycles. The van der Waals surface area contributed by atoms with E-state index in [1.165, 1.54) is 12.1 Å². The van der Waals surface area contributed by atoms with Gasteiger partial charge in [0.2, 0.25) is 0 Å². The van der Waals surface area contributed by atoms with Gasteiger partial charge in [0.15, 0.2) is 5.82 Å². The smallest absolute Gasteiger partial charge is 0.283 e. The predicted molar refractivity (Wildman–Crippen MR) is 96.2 cm³/mol. The molecule has 0 saturated carbocycles. The van der Waals surface area contributed by atoms with Crippen molar-refractivity contribution >= 4 is 34.4 Å². The summed E-state index contributed by atoms with van der Waals surface area (Å²) in [7, 11) is 0. The number of hydrogen-bond donors (Lipinski definition) is 0. The molecule has 1 aromatic carbocycles. The Bertz CT molecular complexity index is 988. The van der Waals surface area contributed by atoms with E-state index in [4.69, 9.17) is 11.6 Å². The Morgan fingerprint density at radius 3 is 2.64 bits per heavy atom. The van der Waals surface area contributed by atoms with Crippen molar-refractivity contribution in [1.29, 1.82) is 0 Å². The average Bonchev–Trinajstić information content (AvgIpc) is 2.93. The molecule has 3 aromatic rings. The Morgan fingerprint density at radius 1 is 1.20 bits per heavy atom. The van der Waals surface area contributed by atoms with Crippen molar-refractivity contribution in [2.75, 3.05) is 0 Å². The van der Waals surface area contributed by atoms with E-state index >= 15 is 0 Å². The van der Waals surface area contributed by atoms with Gasteiger partial charge in [-0.05, 0) is 24.3 Å². The van der Waals surface area contributed by atoms with Gasteiger partial charge in [0, 0.05) is 17.7 Å². The number of nitrogens with zero attached hydrogens (tertiary/aromatic N) is 5. The number of rotatable bonds is 3. The number of imidazole rings is 1. The largest absolute Gasteiger partial charge is 0.290 e. The maximum absolute atomic E-state index is 11.0. The molecule has 25 heavy (non-hydrogen) atoms. The summed E-state index contributed by atoms with van der Waals surface area (Å²) >= 11 is 5.83. The topological polar surface area (TPSA) is 85.2 Å². The minimum Gasteiger partial charge on any atom is -0.283 e. The van der Waals surface area contributed by atoms with E-state index in [0.717, 1.165) is 11.3 Å². The molecule has 0 bridgehead atoms. The zero-order chi connectivity index (χ0) is 18.2. The van der Waals surface area contributed by atoms with Crippen LogP contribution < -0.4 is 0 Å². The molecule has 0 N–H and O–H groups in total. The lowest BCUT2D eigenvalue weighted by molar-refractivity contribution is -0.384. The van der Waals surface area contributed by atoms with E-state index in [9.17, 15) is 10.1 Å². The molecule has 0 saturated heterocycles. The SMILES string of the molecule is CC(C)(C)c1nc2ccccn2c1N=Nc1ccc(Cl)c([N+](=O)[O-])c1. The molecule has 7 nitrogen and oxygen atoms in total. The van der Waals surface area contributed by atoms with Crippen molar-refractivity contribution < 1.29 is 4.92 Å². The van der Waals surface area contributed by atoms with Crippen molar-refractivity contribution in [2.24, 2.45) is 10.2 Å². The lowest BCUT2D eigenvalue weighted by Gasteiger charge is -2.15. The van der Waals surface area contributed by atoms with Gasteiger partial charge in [-0.1, -0.05) is 38.4 Å². The fourth-order valence-corrected chi connectivity index (χ4v) is 2.58. The molecule has 0 fully saturated rings. The summed E-state index contributed by atoms with van der Waals surface area (Å²) in [6.45, 7) is 6.13. The first-order valence-corrected chi connectivity index (χ1v) is 7.98. The van der Waals surface area contributed by atoms with Crippen LogP contribution in [0.4, 0.5) is 17.2 Å². The minimum atomic E-state index is -0.545. The van der Waals surface area contributed by atoms with Crippen LogP contribution in [0.1, 0.15) is 26.5 Å². The first-order chi connectivity index (χ1) is 11.8. The van der Waals surface area contributed by atoms with E-state index in [-0.39, 0.29) is 16.1 Å². The van der Waals surface area contributed by atoms with E-state index in [1.54, 1.807) is 6.07 Å². The Balaban J connectivity index is 2.10. The number of nitro groups is 1. The second-order valence-corrected chi connectivity index (χ2v) is 6.96. The van der Waals surface area contributed by atoms with Gasteiger partial charge < -0.3 is 0 Å². The van der Waals surface area contributed by atoms with Gasteiger partial charge in [-0.3, -0.25) is 14.5 Å². The zero-order valence-corrected chi connectivity index (χ0v) is 14.7. The van der Waals surface area contributed by atoms with Crippen LogP contribution in [0.15, 0.2) is 52.8 Å². The number of aromatic nitrogens is 2. The van der Waals surface area contributed by atoms with Gasteiger partial charge in [-0.25, -0.2) is 4.98 Å². The lowest BCUT2D eigenvalue weighted by Crippen LogP contribution is -2.11. The second-order valence-electron chi connectivity index (χ2n) is 6.56. The minimum absolute atomic E-state index is 0.0640. The molecule has 0 radical (unpaired) electrons. The Kier molecular flexibility index (Phi) is 4.26. The van der Waals surface area contributed by atoms with E-state index in [2.05, 4.69) is 15.2 Å². The molecule has 0 spiro atoms. The number of pyridine rings is 1. The fourth-order valence-electron chi connectivity index (χ4n) is 2.39. The number of azo groups is 1. The lowest BCUT2D eigenvalue weighted by atomic mass is 9.92. The first-order valence-electron chi connectivity index (χ1n) is 7.60. The molecular formula is C17H16ClN5O2. The highest BCUT2D eigenvalue weighted by atomic mass is 35.5. The summed E-state index contributed by atoms with van der Waals surface area (Å²) in [5.74, 6) is 0.598.